The predicted octanol–water partition coefficient (Wildman–Crippen LogP) is 4.84. The Hall–Kier alpha value is -3.45. The smallest absolute Gasteiger partial charge is 0.246 e. The quantitative estimate of drug-likeness (QED) is 0.457. The first-order valence-corrected chi connectivity index (χ1v) is 15.2. The van der Waals surface area contributed by atoms with Gasteiger partial charge < -0.3 is 20.3 Å². The number of anilines is 1. The van der Waals surface area contributed by atoms with E-state index in [1.54, 1.807) is 4.90 Å². The number of nitrogens with one attached hydrogen (secondary N) is 2. The molecule has 41 heavy (non-hydrogen) atoms. The molecule has 0 radical (unpaired) electrons. The second-order valence-corrected chi connectivity index (χ2v) is 12.6. The second kappa shape index (κ2) is 11.1. The number of likely N-dealkylation sites (tertiary alicyclic amines) is 1. The molecular formula is C34H41N3O4. The van der Waals surface area contributed by atoms with Crippen LogP contribution in [0.5, 0.6) is 0 Å². The fourth-order valence-corrected chi connectivity index (χ4v) is 7.37. The van der Waals surface area contributed by atoms with Crippen molar-refractivity contribution in [2.45, 2.75) is 82.6 Å². The molecule has 2 saturated heterocycles. The number of carbonyl (C=O) groups excluding carboxylic acids is 3. The van der Waals surface area contributed by atoms with Crippen LogP contribution < -0.4 is 10.6 Å². The fourth-order valence-electron chi connectivity index (χ4n) is 7.37. The van der Waals surface area contributed by atoms with Crippen molar-refractivity contribution in [3.05, 3.63) is 77.9 Å². The van der Waals surface area contributed by atoms with Gasteiger partial charge in [-0.3, -0.25) is 14.4 Å². The zero-order valence-electron chi connectivity index (χ0n) is 24.2. The number of amides is 3. The van der Waals surface area contributed by atoms with Crippen molar-refractivity contribution in [1.29, 1.82) is 0 Å². The van der Waals surface area contributed by atoms with Crippen LogP contribution in [0.25, 0.3) is 0 Å². The number of benzene rings is 2. The summed E-state index contributed by atoms with van der Waals surface area (Å²) >= 11 is 0. The SMILES string of the molecule is CC(C)c1ccc(NC(=O)[C@H]2[C@H]3C=C[C@@]4(O3)[C@H]2C(=O)N(CCc2ccccc2)[C@@H]4C(=O)N[C@@H]2CCCC[C@@H]2C)cc1. The highest BCUT2D eigenvalue weighted by Crippen LogP contribution is 2.55. The second-order valence-electron chi connectivity index (χ2n) is 12.6. The number of hydrogen-bond acceptors (Lipinski definition) is 4. The van der Waals surface area contributed by atoms with Crippen molar-refractivity contribution in [3.63, 3.8) is 0 Å². The van der Waals surface area contributed by atoms with Gasteiger partial charge in [-0.05, 0) is 54.4 Å². The maximum atomic E-state index is 14.2. The summed E-state index contributed by atoms with van der Waals surface area (Å²) in [7, 11) is 0. The number of ether oxygens (including phenoxy) is 1. The summed E-state index contributed by atoms with van der Waals surface area (Å²) in [5.41, 5.74) is 1.82. The molecule has 4 aliphatic rings. The summed E-state index contributed by atoms with van der Waals surface area (Å²) < 4.78 is 6.51. The lowest BCUT2D eigenvalue weighted by molar-refractivity contribution is -0.141. The van der Waals surface area contributed by atoms with Crippen LogP contribution in [0, 0.1) is 17.8 Å². The predicted molar refractivity (Wildman–Crippen MR) is 158 cm³/mol. The lowest BCUT2D eigenvalue weighted by atomic mass is 9.74. The highest BCUT2D eigenvalue weighted by Gasteiger charge is 2.72. The molecule has 1 saturated carbocycles. The number of nitrogens with zero attached hydrogens (tertiary/aromatic N) is 1. The molecule has 7 heteroatoms. The number of hydrogen-bond donors (Lipinski definition) is 2. The van der Waals surface area contributed by atoms with E-state index in [4.69, 9.17) is 4.74 Å². The number of fused-ring (bicyclic) bond motifs is 1. The van der Waals surface area contributed by atoms with Gasteiger partial charge in [0.2, 0.25) is 17.7 Å². The highest BCUT2D eigenvalue weighted by molar-refractivity contribution is 6.02. The van der Waals surface area contributed by atoms with Crippen molar-refractivity contribution >= 4 is 23.4 Å². The maximum Gasteiger partial charge on any atom is 0.246 e. The van der Waals surface area contributed by atoms with Crippen molar-refractivity contribution in [2.24, 2.45) is 17.8 Å². The van der Waals surface area contributed by atoms with Gasteiger partial charge in [0, 0.05) is 18.3 Å². The van der Waals surface area contributed by atoms with Gasteiger partial charge in [0.25, 0.3) is 0 Å². The molecule has 0 unspecified atom stereocenters. The molecule has 2 aromatic rings. The number of carbonyl (C=O) groups is 3. The van der Waals surface area contributed by atoms with Gasteiger partial charge >= 0.3 is 0 Å². The number of rotatable bonds is 8. The first kappa shape index (κ1) is 27.7. The first-order valence-electron chi connectivity index (χ1n) is 15.2. The van der Waals surface area contributed by atoms with Gasteiger partial charge in [-0.15, -0.1) is 0 Å². The molecule has 3 heterocycles. The van der Waals surface area contributed by atoms with E-state index >= 15 is 0 Å². The molecule has 1 aliphatic carbocycles. The van der Waals surface area contributed by atoms with Gasteiger partial charge in [-0.1, -0.05) is 88.2 Å². The van der Waals surface area contributed by atoms with E-state index in [1.165, 1.54) is 12.0 Å². The van der Waals surface area contributed by atoms with Crippen molar-refractivity contribution in [1.82, 2.24) is 10.2 Å². The minimum atomic E-state index is -1.15. The molecule has 7 nitrogen and oxygen atoms in total. The standard InChI is InChI=1S/C34H41N3O4/c1-21(2)24-13-15-25(16-14-24)35-31(38)28-27-17-19-34(41-27)29(28)33(40)37(20-18-23-10-5-4-6-11-23)30(34)32(39)36-26-12-8-7-9-22(26)3/h4-6,10-11,13-17,19,21-22,26-30H,7-9,12,18,20H2,1-3H3,(H,35,38)(H,36,39)/t22-,26+,27+,28-,29+,30+,34+/m0/s1. The first-order chi connectivity index (χ1) is 19.8. The largest absolute Gasteiger partial charge is 0.359 e. The van der Waals surface area contributed by atoms with Crippen LogP contribution in [0.2, 0.25) is 0 Å². The van der Waals surface area contributed by atoms with E-state index in [0.717, 1.165) is 24.8 Å². The Morgan fingerprint density at radius 3 is 2.46 bits per heavy atom. The van der Waals surface area contributed by atoms with Gasteiger partial charge in [0.05, 0.1) is 17.9 Å². The van der Waals surface area contributed by atoms with E-state index in [-0.39, 0.29) is 23.8 Å². The zero-order chi connectivity index (χ0) is 28.7. The van der Waals surface area contributed by atoms with E-state index < -0.39 is 29.6 Å². The lowest BCUT2D eigenvalue weighted by Crippen LogP contribution is -2.57. The molecule has 2 aromatic carbocycles. The molecule has 216 valence electrons. The Balaban J connectivity index is 1.28. The van der Waals surface area contributed by atoms with Gasteiger partial charge in [-0.25, -0.2) is 0 Å². The topological polar surface area (TPSA) is 87.7 Å². The average Bonchev–Trinajstić information content (AvgIpc) is 3.61. The summed E-state index contributed by atoms with van der Waals surface area (Å²) in [6.07, 6.45) is 8.12. The fraction of sp³-hybridized carbons (Fsp3) is 0.500. The summed E-state index contributed by atoms with van der Waals surface area (Å²) in [6.45, 7) is 6.82. The summed E-state index contributed by atoms with van der Waals surface area (Å²) in [6, 6.07) is 17.1. The normalized spacial score (nSPS) is 31.9. The van der Waals surface area contributed by atoms with Gasteiger partial charge in [0.1, 0.15) is 11.6 Å². The minimum absolute atomic E-state index is 0.0771. The zero-order valence-corrected chi connectivity index (χ0v) is 24.2. The van der Waals surface area contributed by atoms with Crippen LogP contribution in [0.15, 0.2) is 66.7 Å². The molecule has 3 aliphatic heterocycles. The summed E-state index contributed by atoms with van der Waals surface area (Å²) in [4.78, 5) is 43.7. The molecule has 0 aromatic heterocycles. The molecular weight excluding hydrogens is 514 g/mol. The van der Waals surface area contributed by atoms with Crippen LogP contribution in [-0.2, 0) is 25.5 Å². The Bertz CT molecular complexity index is 1320. The van der Waals surface area contributed by atoms with Gasteiger partial charge in [0.15, 0.2) is 0 Å². The van der Waals surface area contributed by atoms with Crippen LogP contribution in [-0.4, -0.2) is 53.0 Å². The van der Waals surface area contributed by atoms with E-state index in [9.17, 15) is 14.4 Å². The van der Waals surface area contributed by atoms with Crippen LogP contribution >= 0.6 is 0 Å². The van der Waals surface area contributed by atoms with E-state index in [1.807, 2.05) is 66.7 Å². The molecule has 1 spiro atoms. The van der Waals surface area contributed by atoms with E-state index in [2.05, 4.69) is 31.4 Å². The van der Waals surface area contributed by atoms with Crippen molar-refractivity contribution < 1.29 is 19.1 Å². The van der Waals surface area contributed by atoms with Crippen molar-refractivity contribution in [2.75, 3.05) is 11.9 Å². The highest BCUT2D eigenvalue weighted by atomic mass is 16.5. The monoisotopic (exact) mass is 555 g/mol. The molecule has 2 bridgehead atoms. The molecule has 6 rings (SSSR count). The maximum absolute atomic E-state index is 14.2. The molecule has 7 atom stereocenters. The van der Waals surface area contributed by atoms with E-state index in [0.29, 0.717) is 30.5 Å². The van der Waals surface area contributed by atoms with Gasteiger partial charge in [-0.2, -0.15) is 0 Å². The minimum Gasteiger partial charge on any atom is -0.359 e. The molecule has 3 amide bonds. The average molecular weight is 556 g/mol. The lowest BCUT2D eigenvalue weighted by Gasteiger charge is -2.36. The third-order valence-corrected chi connectivity index (χ3v) is 9.69. The molecule has 3 fully saturated rings. The Labute approximate surface area is 242 Å². The molecule has 2 N–H and O–H groups in total. The third-order valence-electron chi connectivity index (χ3n) is 9.69. The Morgan fingerprint density at radius 1 is 1.02 bits per heavy atom. The Morgan fingerprint density at radius 2 is 1.76 bits per heavy atom. The van der Waals surface area contributed by atoms with Crippen LogP contribution in [0.1, 0.15) is 63.5 Å². The van der Waals surface area contributed by atoms with Crippen LogP contribution in [0.3, 0.4) is 0 Å². The summed E-state index contributed by atoms with van der Waals surface area (Å²) in [5, 5.41) is 6.33. The van der Waals surface area contributed by atoms with Crippen molar-refractivity contribution in [3.8, 4) is 0 Å². The third kappa shape index (κ3) is 4.99. The summed E-state index contributed by atoms with van der Waals surface area (Å²) in [5.74, 6) is -1.29. The Kier molecular flexibility index (Phi) is 7.49. The van der Waals surface area contributed by atoms with Crippen LogP contribution in [0.4, 0.5) is 5.69 Å².